The number of carbonyl (C=O) groups is 1. The van der Waals surface area contributed by atoms with E-state index in [-0.39, 0.29) is 5.91 Å². The lowest BCUT2D eigenvalue weighted by molar-refractivity contribution is 0.102. The summed E-state index contributed by atoms with van der Waals surface area (Å²) >= 11 is 0. The van der Waals surface area contributed by atoms with Crippen LogP contribution >= 0.6 is 0 Å². The largest absolute Gasteiger partial charge is 0.493 e. The number of benzene rings is 2. The molecule has 0 saturated heterocycles. The van der Waals surface area contributed by atoms with E-state index < -0.39 is 0 Å². The first kappa shape index (κ1) is 20.0. The first-order valence-corrected chi connectivity index (χ1v) is 9.45. The quantitative estimate of drug-likeness (QED) is 0.483. The Morgan fingerprint density at radius 1 is 0.871 bits per heavy atom. The Morgan fingerprint density at radius 2 is 1.65 bits per heavy atom. The molecule has 2 aromatic carbocycles. The molecule has 0 saturated carbocycles. The molecule has 156 valence electrons. The molecule has 0 atom stereocenters. The molecule has 0 unspecified atom stereocenters. The van der Waals surface area contributed by atoms with Gasteiger partial charge in [0.25, 0.3) is 5.91 Å². The fourth-order valence-corrected chi connectivity index (χ4v) is 2.98. The van der Waals surface area contributed by atoms with Gasteiger partial charge in [-0.3, -0.25) is 4.79 Å². The first-order valence-electron chi connectivity index (χ1n) is 9.45. The molecule has 8 heteroatoms. The number of hydrogen-bond donors (Lipinski definition) is 1. The highest BCUT2D eigenvalue weighted by atomic mass is 16.5. The van der Waals surface area contributed by atoms with Crippen LogP contribution in [0.4, 0.5) is 5.69 Å². The molecule has 2 heterocycles. The number of ether oxygens (including phenoxy) is 3. The monoisotopic (exact) mass is 416 g/mol. The molecule has 31 heavy (non-hydrogen) atoms. The van der Waals surface area contributed by atoms with Crippen molar-refractivity contribution in [3.05, 3.63) is 84.7 Å². The van der Waals surface area contributed by atoms with Crippen molar-refractivity contribution in [1.82, 2.24) is 14.8 Å². The van der Waals surface area contributed by atoms with Gasteiger partial charge in [-0.15, -0.1) is 10.2 Å². The Balaban J connectivity index is 1.42. The molecule has 0 aliphatic carbocycles. The fourth-order valence-electron chi connectivity index (χ4n) is 2.98. The van der Waals surface area contributed by atoms with E-state index in [2.05, 4.69) is 15.5 Å². The van der Waals surface area contributed by atoms with Crippen molar-refractivity contribution < 1.29 is 19.0 Å². The van der Waals surface area contributed by atoms with Crippen molar-refractivity contribution in [3.63, 3.8) is 0 Å². The SMILES string of the molecule is COc1cccc(C(=O)Nc2ccc(Oc3ccc(-n4cccc4)nn3)cc2)c1OC. The lowest BCUT2D eigenvalue weighted by Crippen LogP contribution is -2.13. The highest BCUT2D eigenvalue weighted by Gasteiger charge is 2.16. The van der Waals surface area contributed by atoms with Gasteiger partial charge in [0.2, 0.25) is 5.88 Å². The summed E-state index contributed by atoms with van der Waals surface area (Å²) in [5, 5.41) is 11.1. The predicted octanol–water partition coefficient (Wildman–Crippen LogP) is 4.33. The third-order valence-corrected chi connectivity index (χ3v) is 4.48. The number of nitrogens with zero attached hydrogens (tertiary/aromatic N) is 3. The van der Waals surface area contributed by atoms with E-state index in [1.54, 1.807) is 48.5 Å². The molecule has 0 spiro atoms. The van der Waals surface area contributed by atoms with Crippen LogP contribution in [0.2, 0.25) is 0 Å². The van der Waals surface area contributed by atoms with Gasteiger partial charge in [-0.2, -0.15) is 0 Å². The molecule has 0 fully saturated rings. The minimum atomic E-state index is -0.309. The van der Waals surface area contributed by atoms with Crippen LogP contribution in [0, 0.1) is 0 Å². The molecule has 1 N–H and O–H groups in total. The van der Waals surface area contributed by atoms with Crippen molar-refractivity contribution in [2.45, 2.75) is 0 Å². The van der Waals surface area contributed by atoms with Crippen molar-refractivity contribution in [2.24, 2.45) is 0 Å². The minimum absolute atomic E-state index is 0.309. The van der Waals surface area contributed by atoms with Gasteiger partial charge in [-0.1, -0.05) is 6.07 Å². The van der Waals surface area contributed by atoms with Gasteiger partial charge in [0.1, 0.15) is 5.75 Å². The summed E-state index contributed by atoms with van der Waals surface area (Å²) in [5.41, 5.74) is 0.983. The Bertz CT molecular complexity index is 1160. The summed E-state index contributed by atoms with van der Waals surface area (Å²) in [6.07, 6.45) is 3.78. The summed E-state index contributed by atoms with van der Waals surface area (Å²) < 4.78 is 18.2. The van der Waals surface area contributed by atoms with Crippen LogP contribution in [0.15, 0.2) is 79.1 Å². The van der Waals surface area contributed by atoms with Crippen LogP contribution in [0.25, 0.3) is 5.82 Å². The summed E-state index contributed by atoms with van der Waals surface area (Å²) in [7, 11) is 3.02. The number of hydrogen-bond acceptors (Lipinski definition) is 6. The molecular formula is C23H20N4O4. The van der Waals surface area contributed by atoms with E-state index in [1.165, 1.54) is 14.2 Å². The van der Waals surface area contributed by atoms with E-state index in [1.807, 2.05) is 35.2 Å². The third-order valence-electron chi connectivity index (χ3n) is 4.48. The van der Waals surface area contributed by atoms with Crippen LogP contribution < -0.4 is 19.5 Å². The van der Waals surface area contributed by atoms with Gasteiger partial charge in [0.05, 0.1) is 19.8 Å². The molecule has 0 bridgehead atoms. The molecular weight excluding hydrogens is 396 g/mol. The highest BCUT2D eigenvalue weighted by molar-refractivity contribution is 6.06. The van der Waals surface area contributed by atoms with E-state index in [4.69, 9.17) is 14.2 Å². The number of anilines is 1. The van der Waals surface area contributed by atoms with Crippen LogP contribution in [-0.2, 0) is 0 Å². The molecule has 0 aliphatic rings. The fraction of sp³-hybridized carbons (Fsp3) is 0.0870. The van der Waals surface area contributed by atoms with E-state index >= 15 is 0 Å². The maximum absolute atomic E-state index is 12.7. The minimum Gasteiger partial charge on any atom is -0.493 e. The number of aromatic nitrogens is 3. The van der Waals surface area contributed by atoms with Crippen molar-refractivity contribution in [2.75, 3.05) is 19.5 Å². The Labute approximate surface area is 179 Å². The zero-order valence-electron chi connectivity index (χ0n) is 17.0. The van der Waals surface area contributed by atoms with E-state index in [9.17, 15) is 4.79 Å². The van der Waals surface area contributed by atoms with Crippen molar-refractivity contribution in [3.8, 4) is 28.9 Å². The zero-order chi connectivity index (χ0) is 21.6. The van der Waals surface area contributed by atoms with Gasteiger partial charge < -0.3 is 24.1 Å². The number of nitrogens with one attached hydrogen (secondary N) is 1. The molecule has 0 aliphatic heterocycles. The van der Waals surface area contributed by atoms with Gasteiger partial charge in [-0.05, 0) is 54.6 Å². The van der Waals surface area contributed by atoms with E-state index in [0.717, 1.165) is 0 Å². The zero-order valence-corrected chi connectivity index (χ0v) is 17.0. The Kier molecular flexibility index (Phi) is 5.79. The van der Waals surface area contributed by atoms with Crippen LogP contribution in [0.5, 0.6) is 23.1 Å². The highest BCUT2D eigenvalue weighted by Crippen LogP contribution is 2.31. The molecule has 0 radical (unpaired) electrons. The molecule has 4 rings (SSSR count). The second kappa shape index (κ2) is 9.00. The second-order valence-corrected chi connectivity index (χ2v) is 6.44. The lowest BCUT2D eigenvalue weighted by atomic mass is 10.1. The number of para-hydroxylation sites is 1. The number of carbonyl (C=O) groups excluding carboxylic acids is 1. The van der Waals surface area contributed by atoms with Crippen LogP contribution in [0.1, 0.15) is 10.4 Å². The maximum atomic E-state index is 12.7. The average molecular weight is 416 g/mol. The number of amides is 1. The number of rotatable bonds is 7. The lowest BCUT2D eigenvalue weighted by Gasteiger charge is -2.13. The topological polar surface area (TPSA) is 87.5 Å². The Morgan fingerprint density at radius 3 is 2.29 bits per heavy atom. The smallest absolute Gasteiger partial charge is 0.259 e. The van der Waals surface area contributed by atoms with Gasteiger partial charge >= 0.3 is 0 Å². The third kappa shape index (κ3) is 4.48. The van der Waals surface area contributed by atoms with Crippen LogP contribution in [-0.4, -0.2) is 34.9 Å². The summed E-state index contributed by atoms with van der Waals surface area (Å²) in [4.78, 5) is 12.7. The number of methoxy groups -OCH3 is 2. The summed E-state index contributed by atoms with van der Waals surface area (Å²) in [6, 6.07) is 19.5. The maximum Gasteiger partial charge on any atom is 0.259 e. The normalized spacial score (nSPS) is 10.4. The van der Waals surface area contributed by atoms with Crippen LogP contribution in [0.3, 0.4) is 0 Å². The first-order chi connectivity index (χ1) is 15.2. The predicted molar refractivity (Wildman–Crippen MR) is 115 cm³/mol. The van der Waals surface area contributed by atoms with Gasteiger partial charge in [-0.25, -0.2) is 0 Å². The average Bonchev–Trinajstić information content (AvgIpc) is 3.35. The molecule has 4 aromatic rings. The van der Waals surface area contributed by atoms with Crippen molar-refractivity contribution >= 4 is 11.6 Å². The van der Waals surface area contributed by atoms with Crippen molar-refractivity contribution in [1.29, 1.82) is 0 Å². The standard InChI is InChI=1S/C23H20N4O4/c1-29-19-7-5-6-18(22(19)30-2)23(28)24-16-8-10-17(11-9-16)31-21-13-12-20(25-26-21)27-14-3-4-15-27/h3-15H,1-2H3,(H,24,28). The summed E-state index contributed by atoms with van der Waals surface area (Å²) in [6.45, 7) is 0. The molecule has 8 nitrogen and oxygen atoms in total. The van der Waals surface area contributed by atoms with Gasteiger partial charge in [0, 0.05) is 24.1 Å². The summed E-state index contributed by atoms with van der Waals surface area (Å²) in [5.74, 6) is 2.19. The molecule has 2 aromatic heterocycles. The van der Waals surface area contributed by atoms with Gasteiger partial charge in [0.15, 0.2) is 17.3 Å². The van der Waals surface area contributed by atoms with E-state index in [0.29, 0.717) is 40.2 Å². The second-order valence-electron chi connectivity index (χ2n) is 6.44. The Hall–Kier alpha value is -4.33. The molecule has 1 amide bonds.